The van der Waals surface area contributed by atoms with Gasteiger partial charge < -0.3 is 9.32 Å². The van der Waals surface area contributed by atoms with E-state index in [1.54, 1.807) is 0 Å². The molecule has 1 heterocycles. The Balaban J connectivity index is 1.03. The first-order valence-corrected chi connectivity index (χ1v) is 21.8. The third kappa shape index (κ3) is 6.02. The largest absolute Gasteiger partial charge is 0.455 e. The van der Waals surface area contributed by atoms with Gasteiger partial charge in [0.1, 0.15) is 11.2 Å². The predicted octanol–water partition coefficient (Wildman–Crippen LogP) is 17.2. The summed E-state index contributed by atoms with van der Waals surface area (Å²) in [6.07, 6.45) is 0. The monoisotopic (exact) mass is 805 g/mol. The zero-order valence-corrected chi connectivity index (χ0v) is 35.2. The summed E-state index contributed by atoms with van der Waals surface area (Å²) in [5.74, 6) is 0. The van der Waals surface area contributed by atoms with E-state index in [4.69, 9.17) is 4.42 Å². The highest BCUT2D eigenvalue weighted by Crippen LogP contribution is 2.51. The van der Waals surface area contributed by atoms with E-state index < -0.39 is 0 Å². The van der Waals surface area contributed by atoms with Gasteiger partial charge in [0.05, 0.1) is 0 Å². The summed E-state index contributed by atoms with van der Waals surface area (Å²) < 4.78 is 6.85. The molecule has 11 aromatic rings. The Morgan fingerprint density at radius 1 is 0.349 bits per heavy atom. The lowest BCUT2D eigenvalue weighted by Crippen LogP contribution is -2.16. The molecular formula is C61H43NO. The molecule has 2 nitrogen and oxygen atoms in total. The molecule has 2 heteroatoms. The smallest absolute Gasteiger partial charge is 0.143 e. The normalized spacial score (nSPS) is 12.7. The summed E-state index contributed by atoms with van der Waals surface area (Å²) in [7, 11) is 0. The second-order valence-corrected chi connectivity index (χ2v) is 17.2. The maximum absolute atomic E-state index is 6.85. The number of benzene rings is 10. The summed E-state index contributed by atoms with van der Waals surface area (Å²) >= 11 is 0. The molecule has 63 heavy (non-hydrogen) atoms. The van der Waals surface area contributed by atoms with Crippen LogP contribution in [0, 0.1) is 0 Å². The molecule has 0 saturated carbocycles. The molecule has 1 aromatic heterocycles. The van der Waals surface area contributed by atoms with Crippen LogP contribution in [0.1, 0.15) is 25.0 Å². The quantitative estimate of drug-likeness (QED) is 0.160. The number of anilines is 3. The topological polar surface area (TPSA) is 16.4 Å². The van der Waals surface area contributed by atoms with Gasteiger partial charge in [-0.3, -0.25) is 0 Å². The standard InChI is InChI=1S/C61H43NO/c1-61(2)55-25-15-14-23-50(55)51-35-34-47(38-56(51)61)62(45-30-26-41(27-31-45)40-16-6-3-7-17-40)46-32-28-43(29-33-46)48-36-37-57-59(58(48)44-20-10-5-11-21-44)54-39-53(42-18-8-4-9-19-42)49-22-12-13-24-52(49)60(54)63-57/h3-39H,1-2H3. The molecule has 1 aliphatic rings. The molecule has 10 aromatic carbocycles. The highest BCUT2D eigenvalue weighted by atomic mass is 16.3. The van der Waals surface area contributed by atoms with Crippen molar-refractivity contribution < 1.29 is 4.42 Å². The van der Waals surface area contributed by atoms with Crippen molar-refractivity contribution in [3.8, 4) is 55.6 Å². The predicted molar refractivity (Wildman–Crippen MR) is 265 cm³/mol. The van der Waals surface area contributed by atoms with Crippen LogP contribution in [0.15, 0.2) is 229 Å². The Kier molecular flexibility index (Phi) is 8.55. The Bertz CT molecular complexity index is 3490. The van der Waals surface area contributed by atoms with Crippen molar-refractivity contribution in [3.05, 3.63) is 236 Å². The SMILES string of the molecule is CC1(C)c2ccccc2-c2ccc(N(c3ccc(-c4ccccc4)cc3)c3ccc(-c4ccc5oc6c7ccccc7c(-c7ccccc7)cc6c5c4-c4ccccc4)cc3)cc21. The fraction of sp³-hybridized carbons (Fsp3) is 0.0492. The summed E-state index contributed by atoms with van der Waals surface area (Å²) in [6, 6.07) is 81.5. The van der Waals surface area contributed by atoms with Crippen molar-refractivity contribution in [2.75, 3.05) is 4.90 Å². The van der Waals surface area contributed by atoms with Crippen LogP contribution < -0.4 is 4.90 Å². The molecule has 298 valence electrons. The van der Waals surface area contributed by atoms with Crippen molar-refractivity contribution >= 4 is 49.8 Å². The maximum Gasteiger partial charge on any atom is 0.143 e. The first kappa shape index (κ1) is 36.9. The zero-order valence-electron chi connectivity index (χ0n) is 35.2. The van der Waals surface area contributed by atoms with Crippen LogP contribution in [-0.2, 0) is 5.41 Å². The lowest BCUT2D eigenvalue weighted by molar-refractivity contribution is 0.660. The molecule has 0 radical (unpaired) electrons. The summed E-state index contributed by atoms with van der Waals surface area (Å²) in [4.78, 5) is 2.40. The van der Waals surface area contributed by atoms with E-state index >= 15 is 0 Å². The molecule has 0 saturated heterocycles. The summed E-state index contributed by atoms with van der Waals surface area (Å²) in [5.41, 5.74) is 19.8. The van der Waals surface area contributed by atoms with E-state index in [2.05, 4.69) is 243 Å². The maximum atomic E-state index is 6.85. The molecule has 0 atom stereocenters. The fourth-order valence-corrected chi connectivity index (χ4v) is 10.2. The zero-order chi connectivity index (χ0) is 42.1. The Hall–Kier alpha value is -7.94. The van der Waals surface area contributed by atoms with Crippen molar-refractivity contribution in [2.24, 2.45) is 0 Å². The van der Waals surface area contributed by atoms with Crippen LogP contribution in [0.2, 0.25) is 0 Å². The number of fused-ring (bicyclic) bond motifs is 8. The number of rotatable bonds is 7. The van der Waals surface area contributed by atoms with Gasteiger partial charge in [0, 0.05) is 44.2 Å². The summed E-state index contributed by atoms with van der Waals surface area (Å²) in [5, 5.41) is 4.54. The Morgan fingerprint density at radius 3 is 1.56 bits per heavy atom. The minimum atomic E-state index is -0.119. The van der Waals surface area contributed by atoms with Crippen molar-refractivity contribution in [1.29, 1.82) is 0 Å². The second kappa shape index (κ2) is 14.6. The molecule has 0 bridgehead atoms. The minimum absolute atomic E-state index is 0.119. The third-order valence-electron chi connectivity index (χ3n) is 13.3. The number of furan rings is 1. The Morgan fingerprint density at radius 2 is 0.857 bits per heavy atom. The van der Waals surface area contributed by atoms with Gasteiger partial charge in [0.15, 0.2) is 0 Å². The van der Waals surface area contributed by atoms with Gasteiger partial charge in [-0.15, -0.1) is 0 Å². The van der Waals surface area contributed by atoms with Crippen molar-refractivity contribution in [1.82, 2.24) is 0 Å². The average Bonchev–Trinajstić information content (AvgIpc) is 3.84. The fourth-order valence-electron chi connectivity index (χ4n) is 10.2. The average molecular weight is 806 g/mol. The van der Waals surface area contributed by atoms with E-state index in [1.165, 1.54) is 55.5 Å². The number of hydrogen-bond donors (Lipinski definition) is 0. The lowest BCUT2D eigenvalue weighted by Gasteiger charge is -2.28. The number of nitrogens with zero attached hydrogens (tertiary/aromatic N) is 1. The first-order chi connectivity index (χ1) is 31.0. The molecule has 0 amide bonds. The van der Waals surface area contributed by atoms with Gasteiger partial charge in [-0.1, -0.05) is 190 Å². The molecule has 12 rings (SSSR count). The molecule has 0 spiro atoms. The van der Waals surface area contributed by atoms with Crippen molar-refractivity contribution in [3.63, 3.8) is 0 Å². The van der Waals surface area contributed by atoms with Gasteiger partial charge in [0.2, 0.25) is 0 Å². The van der Waals surface area contributed by atoms with Gasteiger partial charge in [0.25, 0.3) is 0 Å². The van der Waals surface area contributed by atoms with E-state index in [0.717, 1.165) is 61.1 Å². The molecule has 0 N–H and O–H groups in total. The van der Waals surface area contributed by atoms with Gasteiger partial charge in [-0.05, 0) is 115 Å². The van der Waals surface area contributed by atoms with Crippen LogP contribution in [0.25, 0.3) is 88.3 Å². The third-order valence-corrected chi connectivity index (χ3v) is 13.3. The number of hydrogen-bond acceptors (Lipinski definition) is 2. The molecule has 0 fully saturated rings. The van der Waals surface area contributed by atoms with Crippen LogP contribution in [0.3, 0.4) is 0 Å². The summed E-state index contributed by atoms with van der Waals surface area (Å²) in [6.45, 7) is 4.70. The molecular weight excluding hydrogens is 763 g/mol. The molecule has 1 aliphatic carbocycles. The van der Waals surface area contributed by atoms with Gasteiger partial charge in [-0.2, -0.15) is 0 Å². The van der Waals surface area contributed by atoms with E-state index in [1.807, 2.05) is 0 Å². The van der Waals surface area contributed by atoms with Crippen LogP contribution in [-0.4, -0.2) is 0 Å². The lowest BCUT2D eigenvalue weighted by atomic mass is 9.82. The molecule has 0 unspecified atom stereocenters. The Labute approximate surface area is 368 Å². The highest BCUT2D eigenvalue weighted by Gasteiger charge is 2.35. The van der Waals surface area contributed by atoms with E-state index in [0.29, 0.717) is 0 Å². The van der Waals surface area contributed by atoms with Gasteiger partial charge >= 0.3 is 0 Å². The van der Waals surface area contributed by atoms with Crippen LogP contribution >= 0.6 is 0 Å². The van der Waals surface area contributed by atoms with E-state index in [-0.39, 0.29) is 5.41 Å². The van der Waals surface area contributed by atoms with Gasteiger partial charge in [-0.25, -0.2) is 0 Å². The molecule has 0 aliphatic heterocycles. The minimum Gasteiger partial charge on any atom is -0.455 e. The van der Waals surface area contributed by atoms with Crippen LogP contribution in [0.5, 0.6) is 0 Å². The van der Waals surface area contributed by atoms with Crippen LogP contribution in [0.4, 0.5) is 17.1 Å². The first-order valence-electron chi connectivity index (χ1n) is 21.8. The second-order valence-electron chi connectivity index (χ2n) is 17.2. The van der Waals surface area contributed by atoms with Crippen molar-refractivity contribution in [2.45, 2.75) is 19.3 Å². The van der Waals surface area contributed by atoms with E-state index in [9.17, 15) is 0 Å². The highest BCUT2D eigenvalue weighted by molar-refractivity contribution is 6.23.